The zero-order chi connectivity index (χ0) is 12.7. The largest absolute Gasteiger partial charge is 0.469 e. The van der Waals surface area contributed by atoms with E-state index in [4.69, 9.17) is 4.74 Å². The molecule has 0 saturated carbocycles. The Bertz CT molecular complexity index is 376. The topological polar surface area (TPSA) is 43.4 Å². The van der Waals surface area contributed by atoms with Crippen molar-refractivity contribution in [3.05, 3.63) is 35.9 Å². The average molecular weight is 254 g/mol. The van der Waals surface area contributed by atoms with Gasteiger partial charge in [-0.1, -0.05) is 37.3 Å². The first kappa shape index (κ1) is 13.9. The lowest BCUT2D eigenvalue weighted by molar-refractivity contribution is -0.141. The first-order valence-electron chi connectivity index (χ1n) is 5.66. The molecular weight excluding hydrogens is 236 g/mol. The molecule has 1 aromatic carbocycles. The fourth-order valence-electron chi connectivity index (χ4n) is 1.62. The smallest absolute Gasteiger partial charge is 0.314 e. The lowest BCUT2D eigenvalue weighted by Gasteiger charge is -2.14. The quantitative estimate of drug-likeness (QED) is 0.730. The van der Waals surface area contributed by atoms with Crippen molar-refractivity contribution in [2.75, 3.05) is 18.6 Å². The van der Waals surface area contributed by atoms with Crippen LogP contribution >= 0.6 is 0 Å². The van der Waals surface area contributed by atoms with Crippen molar-refractivity contribution in [2.45, 2.75) is 19.3 Å². The summed E-state index contributed by atoms with van der Waals surface area (Å²) in [4.78, 5) is 11.7. The van der Waals surface area contributed by atoms with Gasteiger partial charge in [-0.15, -0.1) is 0 Å². The van der Waals surface area contributed by atoms with Crippen molar-refractivity contribution in [3.8, 4) is 0 Å². The monoisotopic (exact) mass is 254 g/mol. The van der Waals surface area contributed by atoms with E-state index in [0.717, 1.165) is 12.0 Å². The number of benzene rings is 1. The van der Waals surface area contributed by atoms with Crippen LogP contribution in [0.2, 0.25) is 0 Å². The summed E-state index contributed by atoms with van der Waals surface area (Å²) in [6.07, 6.45) is 0.856. The summed E-state index contributed by atoms with van der Waals surface area (Å²) >= 11 is 0. The Balaban J connectivity index is 2.82. The standard InChI is InChI=1S/C13H18O3S/c1-3-9-17(15)10-12(13(14)16-2)11-7-5-4-6-8-11/h4-8,12H,3,9-10H2,1-2H3. The van der Waals surface area contributed by atoms with Crippen molar-refractivity contribution in [2.24, 2.45) is 0 Å². The highest BCUT2D eigenvalue weighted by atomic mass is 32.2. The second kappa shape index (κ2) is 7.22. The predicted molar refractivity (Wildman–Crippen MR) is 69.4 cm³/mol. The lowest BCUT2D eigenvalue weighted by Crippen LogP contribution is -2.21. The minimum Gasteiger partial charge on any atom is -0.469 e. The first-order chi connectivity index (χ1) is 8.19. The van der Waals surface area contributed by atoms with Gasteiger partial charge in [-0.05, 0) is 12.0 Å². The van der Waals surface area contributed by atoms with Gasteiger partial charge in [-0.3, -0.25) is 9.00 Å². The third kappa shape index (κ3) is 4.30. The molecule has 0 bridgehead atoms. The van der Waals surface area contributed by atoms with Gasteiger partial charge >= 0.3 is 5.97 Å². The van der Waals surface area contributed by atoms with Crippen LogP contribution < -0.4 is 0 Å². The number of esters is 1. The Labute approximate surface area is 105 Å². The maximum atomic E-state index is 11.8. The van der Waals surface area contributed by atoms with E-state index in [1.54, 1.807) is 0 Å². The molecule has 4 heteroatoms. The summed E-state index contributed by atoms with van der Waals surface area (Å²) in [7, 11) is 0.388. The highest BCUT2D eigenvalue weighted by Gasteiger charge is 2.23. The van der Waals surface area contributed by atoms with Crippen LogP contribution in [0.4, 0.5) is 0 Å². The zero-order valence-corrected chi connectivity index (χ0v) is 11.0. The zero-order valence-electron chi connectivity index (χ0n) is 10.2. The molecule has 0 aromatic heterocycles. The molecule has 0 saturated heterocycles. The Morgan fingerprint density at radius 2 is 2.00 bits per heavy atom. The molecule has 94 valence electrons. The summed E-state index contributed by atoms with van der Waals surface area (Å²) < 4.78 is 16.5. The number of carbonyl (C=O) groups is 1. The van der Waals surface area contributed by atoms with Crippen molar-refractivity contribution >= 4 is 16.8 Å². The molecule has 3 nitrogen and oxygen atoms in total. The first-order valence-corrected chi connectivity index (χ1v) is 7.15. The van der Waals surface area contributed by atoms with Crippen LogP contribution in [0.3, 0.4) is 0 Å². The van der Waals surface area contributed by atoms with Gasteiger partial charge in [0.25, 0.3) is 0 Å². The normalized spacial score (nSPS) is 14.0. The molecule has 0 N–H and O–H groups in total. The number of rotatable bonds is 6. The van der Waals surface area contributed by atoms with E-state index in [9.17, 15) is 9.00 Å². The summed E-state index contributed by atoms with van der Waals surface area (Å²) in [5, 5.41) is 0. The molecular formula is C13H18O3S. The van der Waals surface area contributed by atoms with E-state index < -0.39 is 16.7 Å². The summed E-state index contributed by atoms with van der Waals surface area (Å²) in [6.45, 7) is 1.98. The van der Waals surface area contributed by atoms with Crippen molar-refractivity contribution in [1.82, 2.24) is 0 Å². The van der Waals surface area contributed by atoms with Crippen LogP contribution in [-0.4, -0.2) is 28.8 Å². The maximum Gasteiger partial charge on any atom is 0.314 e. The van der Waals surface area contributed by atoms with Crippen LogP contribution in [0.5, 0.6) is 0 Å². The lowest BCUT2D eigenvalue weighted by atomic mass is 10.0. The molecule has 0 radical (unpaired) electrons. The van der Waals surface area contributed by atoms with Crippen LogP contribution in [0.15, 0.2) is 30.3 Å². The predicted octanol–water partition coefficient (Wildman–Crippen LogP) is 2.10. The number of hydrogen-bond donors (Lipinski definition) is 0. The molecule has 0 fully saturated rings. The Morgan fingerprint density at radius 1 is 1.35 bits per heavy atom. The molecule has 0 spiro atoms. The number of carbonyl (C=O) groups excluding carboxylic acids is 1. The Kier molecular flexibility index (Phi) is 5.91. The molecule has 0 aliphatic carbocycles. The van der Waals surface area contributed by atoms with Crippen LogP contribution in [-0.2, 0) is 20.3 Å². The maximum absolute atomic E-state index is 11.8. The van der Waals surface area contributed by atoms with Gasteiger partial charge in [0.1, 0.15) is 0 Å². The van der Waals surface area contributed by atoms with Crippen LogP contribution in [0, 0.1) is 0 Å². The minimum absolute atomic E-state index is 0.319. The Morgan fingerprint density at radius 3 is 2.53 bits per heavy atom. The van der Waals surface area contributed by atoms with E-state index in [0.29, 0.717) is 11.5 Å². The third-order valence-electron chi connectivity index (χ3n) is 2.47. The summed E-state index contributed by atoms with van der Waals surface area (Å²) in [5.74, 6) is 0.222. The van der Waals surface area contributed by atoms with Gasteiger partial charge in [-0.25, -0.2) is 0 Å². The third-order valence-corrected chi connectivity index (χ3v) is 4.04. The summed E-state index contributed by atoms with van der Waals surface area (Å²) in [6, 6.07) is 9.36. The van der Waals surface area contributed by atoms with E-state index >= 15 is 0 Å². The Hall–Kier alpha value is -1.16. The molecule has 0 amide bonds. The SMILES string of the molecule is CCCS(=O)CC(C(=O)OC)c1ccccc1. The number of ether oxygens (including phenoxy) is 1. The fourth-order valence-corrected chi connectivity index (χ4v) is 2.95. The second-order valence-electron chi connectivity index (χ2n) is 3.80. The molecule has 2 unspecified atom stereocenters. The fraction of sp³-hybridized carbons (Fsp3) is 0.462. The van der Waals surface area contributed by atoms with Gasteiger partial charge < -0.3 is 4.74 Å². The van der Waals surface area contributed by atoms with Crippen molar-refractivity contribution in [3.63, 3.8) is 0 Å². The van der Waals surface area contributed by atoms with Crippen molar-refractivity contribution < 1.29 is 13.7 Å². The second-order valence-corrected chi connectivity index (χ2v) is 5.42. The molecule has 17 heavy (non-hydrogen) atoms. The van der Waals surface area contributed by atoms with Gasteiger partial charge in [0.2, 0.25) is 0 Å². The van der Waals surface area contributed by atoms with E-state index in [2.05, 4.69) is 0 Å². The minimum atomic E-state index is -0.974. The van der Waals surface area contributed by atoms with E-state index in [-0.39, 0.29) is 5.97 Å². The van der Waals surface area contributed by atoms with Gasteiger partial charge in [-0.2, -0.15) is 0 Å². The van der Waals surface area contributed by atoms with E-state index in [1.807, 2.05) is 37.3 Å². The summed E-state index contributed by atoms with van der Waals surface area (Å²) in [5.41, 5.74) is 0.865. The average Bonchev–Trinajstić information content (AvgIpc) is 2.36. The van der Waals surface area contributed by atoms with Gasteiger partial charge in [0.05, 0.1) is 13.0 Å². The molecule has 1 rings (SSSR count). The van der Waals surface area contributed by atoms with Crippen LogP contribution in [0.1, 0.15) is 24.8 Å². The van der Waals surface area contributed by atoms with Crippen molar-refractivity contribution in [1.29, 1.82) is 0 Å². The highest BCUT2D eigenvalue weighted by molar-refractivity contribution is 7.85. The van der Waals surface area contributed by atoms with Gasteiger partial charge in [0, 0.05) is 22.3 Å². The van der Waals surface area contributed by atoms with Gasteiger partial charge in [0.15, 0.2) is 0 Å². The molecule has 2 atom stereocenters. The van der Waals surface area contributed by atoms with Crippen LogP contribution in [0.25, 0.3) is 0 Å². The molecule has 1 aromatic rings. The molecule has 0 aliphatic heterocycles. The molecule has 0 aliphatic rings. The number of hydrogen-bond acceptors (Lipinski definition) is 3. The number of methoxy groups -OCH3 is 1. The molecule has 0 heterocycles. The van der Waals surface area contributed by atoms with E-state index in [1.165, 1.54) is 7.11 Å². The highest BCUT2D eigenvalue weighted by Crippen LogP contribution is 2.18.